The largest absolute Gasteiger partial charge is 0.463 e. The molecule has 37 heavy (non-hydrogen) atoms. The first-order valence-electron chi connectivity index (χ1n) is 14.8. The number of ether oxygens (including phenoxy) is 3. The van der Waals surface area contributed by atoms with Crippen molar-refractivity contribution < 1.29 is 28.6 Å². The number of carbonyl (C=O) groups is 3. The highest BCUT2D eigenvalue weighted by molar-refractivity contribution is 5.91. The van der Waals surface area contributed by atoms with Gasteiger partial charge in [0.25, 0.3) is 0 Å². The zero-order valence-electron chi connectivity index (χ0n) is 24.5. The molecule has 0 rings (SSSR count). The quantitative estimate of drug-likeness (QED) is 0.0577. The molecule has 0 saturated heterocycles. The van der Waals surface area contributed by atoms with Gasteiger partial charge in [-0.3, -0.25) is 0 Å². The van der Waals surface area contributed by atoms with Gasteiger partial charge in [0.05, 0.1) is 19.8 Å². The van der Waals surface area contributed by atoms with E-state index in [1.54, 1.807) is 0 Å². The number of esters is 3. The Balaban J connectivity index is 0. The summed E-state index contributed by atoms with van der Waals surface area (Å²) in [6, 6.07) is 0. The normalized spacial score (nSPS) is 10.5. The summed E-state index contributed by atoms with van der Waals surface area (Å²) in [6.07, 6.45) is 21.3. The van der Waals surface area contributed by atoms with Crippen molar-refractivity contribution in [2.45, 2.75) is 137 Å². The van der Waals surface area contributed by atoms with Crippen LogP contribution in [0.1, 0.15) is 137 Å². The molecule has 0 spiro atoms. The van der Waals surface area contributed by atoms with E-state index in [4.69, 9.17) is 14.2 Å². The maximum Gasteiger partial charge on any atom is 0.333 e. The lowest BCUT2D eigenvalue weighted by Gasteiger charge is -2.04. The molecule has 0 heterocycles. The zero-order chi connectivity index (χ0) is 28.0. The van der Waals surface area contributed by atoms with Crippen LogP contribution in [0.4, 0.5) is 0 Å². The van der Waals surface area contributed by atoms with Crippen LogP contribution in [0.15, 0.2) is 24.3 Å². The summed E-state index contributed by atoms with van der Waals surface area (Å²) in [7, 11) is 0. The number of rotatable bonds is 23. The third-order valence-electron chi connectivity index (χ3n) is 5.79. The SMILES string of the molecule is C=C(CC)C(=O)OCCCCCC.CCCCCCCCOC(=O)/C=C\C(=O)OCCCCCCCC. The first-order valence-corrected chi connectivity index (χ1v) is 14.8. The van der Waals surface area contributed by atoms with Crippen molar-refractivity contribution >= 4 is 17.9 Å². The highest BCUT2D eigenvalue weighted by Crippen LogP contribution is 2.06. The average Bonchev–Trinajstić information content (AvgIpc) is 2.90. The average molecular weight is 525 g/mol. The van der Waals surface area contributed by atoms with Gasteiger partial charge in [0.2, 0.25) is 0 Å². The first-order chi connectivity index (χ1) is 17.9. The third-order valence-corrected chi connectivity index (χ3v) is 5.79. The van der Waals surface area contributed by atoms with Crippen LogP contribution >= 0.6 is 0 Å². The third kappa shape index (κ3) is 30.0. The van der Waals surface area contributed by atoms with Crippen molar-refractivity contribution in [1.29, 1.82) is 0 Å². The van der Waals surface area contributed by atoms with Gasteiger partial charge in [-0.05, 0) is 25.7 Å². The number of hydrogen-bond acceptors (Lipinski definition) is 6. The van der Waals surface area contributed by atoms with E-state index >= 15 is 0 Å². The molecule has 216 valence electrons. The molecular weight excluding hydrogens is 468 g/mol. The molecular formula is C31H56O6. The Labute approximate surface area is 227 Å². The van der Waals surface area contributed by atoms with Gasteiger partial charge in [-0.15, -0.1) is 0 Å². The predicted octanol–water partition coefficient (Wildman–Crippen LogP) is 8.43. The summed E-state index contributed by atoms with van der Waals surface area (Å²) in [4.78, 5) is 34.0. The lowest BCUT2D eigenvalue weighted by molar-refractivity contribution is -0.140. The van der Waals surface area contributed by atoms with Gasteiger partial charge in [0, 0.05) is 17.7 Å². The maximum absolute atomic E-state index is 11.4. The van der Waals surface area contributed by atoms with Gasteiger partial charge in [-0.25, -0.2) is 14.4 Å². The summed E-state index contributed by atoms with van der Waals surface area (Å²) in [6.45, 7) is 13.4. The lowest BCUT2D eigenvalue weighted by atomic mass is 10.1. The molecule has 6 heteroatoms. The Morgan fingerprint density at radius 2 is 0.838 bits per heavy atom. The van der Waals surface area contributed by atoms with E-state index in [0.29, 0.717) is 31.8 Å². The Hall–Kier alpha value is -2.11. The molecule has 0 radical (unpaired) electrons. The molecule has 6 nitrogen and oxygen atoms in total. The van der Waals surface area contributed by atoms with Crippen molar-refractivity contribution in [1.82, 2.24) is 0 Å². The molecule has 0 aliphatic carbocycles. The molecule has 0 bridgehead atoms. The second-order valence-electron chi connectivity index (χ2n) is 9.36. The van der Waals surface area contributed by atoms with Gasteiger partial charge < -0.3 is 14.2 Å². The van der Waals surface area contributed by atoms with Gasteiger partial charge in [-0.2, -0.15) is 0 Å². The van der Waals surface area contributed by atoms with Gasteiger partial charge in [0.1, 0.15) is 0 Å². The molecule has 0 saturated carbocycles. The van der Waals surface area contributed by atoms with Crippen molar-refractivity contribution in [3.8, 4) is 0 Å². The van der Waals surface area contributed by atoms with Crippen LogP contribution in [-0.2, 0) is 28.6 Å². The van der Waals surface area contributed by atoms with E-state index in [0.717, 1.165) is 50.7 Å². The fourth-order valence-electron chi connectivity index (χ4n) is 3.28. The van der Waals surface area contributed by atoms with E-state index in [1.165, 1.54) is 64.2 Å². The molecule has 0 aliphatic rings. The molecule has 0 fully saturated rings. The summed E-state index contributed by atoms with van der Waals surface area (Å²) >= 11 is 0. The van der Waals surface area contributed by atoms with E-state index in [2.05, 4.69) is 27.4 Å². The highest BCUT2D eigenvalue weighted by atomic mass is 16.5. The summed E-state index contributed by atoms with van der Waals surface area (Å²) in [5.74, 6) is -1.18. The van der Waals surface area contributed by atoms with Crippen molar-refractivity contribution in [2.24, 2.45) is 0 Å². The molecule has 0 aromatic rings. The second-order valence-corrected chi connectivity index (χ2v) is 9.36. The molecule has 0 aliphatic heterocycles. The van der Waals surface area contributed by atoms with Crippen LogP contribution in [0.25, 0.3) is 0 Å². The smallest absolute Gasteiger partial charge is 0.333 e. The van der Waals surface area contributed by atoms with Crippen molar-refractivity contribution in [3.63, 3.8) is 0 Å². The van der Waals surface area contributed by atoms with Gasteiger partial charge >= 0.3 is 17.9 Å². The Morgan fingerprint density at radius 3 is 1.22 bits per heavy atom. The van der Waals surface area contributed by atoms with Crippen LogP contribution < -0.4 is 0 Å². The van der Waals surface area contributed by atoms with Crippen LogP contribution in [0.3, 0.4) is 0 Å². The molecule has 0 amide bonds. The fraction of sp³-hybridized carbons (Fsp3) is 0.774. The molecule has 0 atom stereocenters. The van der Waals surface area contributed by atoms with Crippen molar-refractivity contribution in [2.75, 3.05) is 19.8 Å². The van der Waals surface area contributed by atoms with E-state index in [-0.39, 0.29) is 5.97 Å². The second kappa shape index (κ2) is 30.1. The number of hydrogen-bond donors (Lipinski definition) is 0. The Bertz CT molecular complexity index is 565. The minimum absolute atomic E-state index is 0.237. The van der Waals surface area contributed by atoms with Crippen LogP contribution in [0.5, 0.6) is 0 Å². The van der Waals surface area contributed by atoms with Crippen LogP contribution in [0.2, 0.25) is 0 Å². The van der Waals surface area contributed by atoms with Gasteiger partial charge in [0.15, 0.2) is 0 Å². The summed E-state index contributed by atoms with van der Waals surface area (Å²) < 4.78 is 15.1. The standard InChI is InChI=1S/C20H36O4.C11H20O2/c1-3-5-7-9-11-13-17-23-19(21)15-16-20(22)24-18-14-12-10-8-6-4-2;1-4-6-7-8-9-13-11(12)10(3)5-2/h15-16H,3-14,17-18H2,1-2H3;3-9H2,1-2H3/b16-15-;. The van der Waals surface area contributed by atoms with Crippen LogP contribution in [-0.4, -0.2) is 37.7 Å². The fourth-order valence-corrected chi connectivity index (χ4v) is 3.28. The first kappa shape index (κ1) is 37.0. The Morgan fingerprint density at radius 1 is 0.514 bits per heavy atom. The molecule has 0 aromatic heterocycles. The minimum atomic E-state index is -0.472. The van der Waals surface area contributed by atoms with E-state index in [1.807, 2.05) is 6.92 Å². The topological polar surface area (TPSA) is 78.9 Å². The molecule has 0 unspecified atom stereocenters. The van der Waals surface area contributed by atoms with Gasteiger partial charge in [-0.1, -0.05) is 118 Å². The molecule has 0 aromatic carbocycles. The predicted molar refractivity (Wildman–Crippen MR) is 152 cm³/mol. The maximum atomic E-state index is 11.4. The summed E-state index contributed by atoms with van der Waals surface area (Å²) in [5.41, 5.74) is 0.565. The zero-order valence-corrected chi connectivity index (χ0v) is 24.5. The lowest BCUT2D eigenvalue weighted by Crippen LogP contribution is -2.07. The van der Waals surface area contributed by atoms with E-state index < -0.39 is 11.9 Å². The monoisotopic (exact) mass is 524 g/mol. The number of carbonyl (C=O) groups excluding carboxylic acids is 3. The number of unbranched alkanes of at least 4 members (excludes halogenated alkanes) is 13. The Kier molecular flexibility index (Phi) is 30.2. The van der Waals surface area contributed by atoms with E-state index in [9.17, 15) is 14.4 Å². The van der Waals surface area contributed by atoms with Crippen molar-refractivity contribution in [3.05, 3.63) is 24.3 Å². The highest BCUT2D eigenvalue weighted by Gasteiger charge is 2.05. The summed E-state index contributed by atoms with van der Waals surface area (Å²) in [5, 5.41) is 0. The minimum Gasteiger partial charge on any atom is -0.463 e. The molecule has 0 N–H and O–H groups in total. The van der Waals surface area contributed by atoms with Crippen LogP contribution in [0, 0.1) is 0 Å².